The fraction of sp³-hybridized carbons (Fsp3) is 0.583. The number of hydrogen-bond acceptors (Lipinski definition) is 3. The lowest BCUT2D eigenvalue weighted by atomic mass is 10.1. The van der Waals surface area contributed by atoms with E-state index in [0.29, 0.717) is 10.7 Å². The minimum absolute atomic E-state index is 0.218. The Morgan fingerprint density at radius 1 is 1.48 bits per heavy atom. The molecule has 21 heavy (non-hydrogen) atoms. The summed E-state index contributed by atoms with van der Waals surface area (Å²) >= 11 is 0. The van der Waals surface area contributed by atoms with E-state index >= 15 is 0 Å². The van der Waals surface area contributed by atoms with Crippen molar-refractivity contribution in [3.8, 4) is 0 Å². The van der Waals surface area contributed by atoms with Gasteiger partial charge in [0.15, 0.2) is 5.82 Å². The summed E-state index contributed by atoms with van der Waals surface area (Å²) in [5.41, 5.74) is 1.53. The molecule has 9 heteroatoms. The predicted octanol–water partition coefficient (Wildman–Crippen LogP) is 1.38. The Morgan fingerprint density at radius 2 is 2.14 bits per heavy atom. The van der Waals surface area contributed by atoms with Crippen LogP contribution in [0.15, 0.2) is 0 Å². The van der Waals surface area contributed by atoms with Gasteiger partial charge in [0, 0.05) is 24.2 Å². The van der Waals surface area contributed by atoms with Gasteiger partial charge in [-0.2, -0.15) is 18.3 Å². The Hall–Kier alpha value is -2.06. The van der Waals surface area contributed by atoms with Gasteiger partial charge in [0.25, 0.3) is 0 Å². The maximum Gasteiger partial charge on any atom is 0.406 e. The Kier molecular flexibility index (Phi) is 3.93. The maximum atomic E-state index is 12.3. The number of aryl methyl sites for hydroxylation is 1. The molecule has 2 heterocycles. The highest BCUT2D eigenvalue weighted by atomic mass is 19.4. The molecule has 2 rings (SSSR count). The molecular formula is C12H15F3N4O2. The number of rotatable bonds is 3. The van der Waals surface area contributed by atoms with Crippen molar-refractivity contribution in [1.29, 1.82) is 0 Å². The second-order valence-electron chi connectivity index (χ2n) is 5.10. The summed E-state index contributed by atoms with van der Waals surface area (Å²) in [6, 6.07) is 0. The number of aromatic nitrogens is 2. The van der Waals surface area contributed by atoms with E-state index in [1.807, 2.05) is 0 Å². The SMILES string of the molecule is Cc1[nH]nc(NC(=O)C2CC(=O)N(CC(F)(F)F)C2)c1C. The molecule has 1 fully saturated rings. The second-order valence-corrected chi connectivity index (χ2v) is 5.10. The molecular weight excluding hydrogens is 289 g/mol. The van der Waals surface area contributed by atoms with E-state index in [2.05, 4.69) is 15.5 Å². The number of nitrogens with zero attached hydrogens (tertiary/aromatic N) is 2. The zero-order valence-electron chi connectivity index (χ0n) is 11.5. The van der Waals surface area contributed by atoms with Gasteiger partial charge >= 0.3 is 6.18 Å². The average Bonchev–Trinajstić information content (AvgIpc) is 2.86. The first-order valence-corrected chi connectivity index (χ1v) is 6.34. The molecule has 0 saturated carbocycles. The van der Waals surface area contributed by atoms with Gasteiger partial charge in [-0.05, 0) is 13.8 Å². The van der Waals surface area contributed by atoms with Crippen molar-refractivity contribution < 1.29 is 22.8 Å². The molecule has 6 nitrogen and oxygen atoms in total. The molecule has 1 aromatic heterocycles. The smallest absolute Gasteiger partial charge is 0.333 e. The van der Waals surface area contributed by atoms with Crippen molar-refractivity contribution in [3.05, 3.63) is 11.3 Å². The minimum atomic E-state index is -4.46. The molecule has 2 amide bonds. The lowest BCUT2D eigenvalue weighted by Crippen LogP contribution is -2.36. The van der Waals surface area contributed by atoms with Gasteiger partial charge in [0.1, 0.15) is 6.54 Å². The molecule has 1 atom stereocenters. The second kappa shape index (κ2) is 5.38. The van der Waals surface area contributed by atoms with Crippen molar-refractivity contribution in [2.24, 2.45) is 5.92 Å². The fourth-order valence-electron chi connectivity index (χ4n) is 2.14. The van der Waals surface area contributed by atoms with Crippen molar-refractivity contribution in [1.82, 2.24) is 15.1 Å². The van der Waals surface area contributed by atoms with Gasteiger partial charge < -0.3 is 10.2 Å². The van der Waals surface area contributed by atoms with Gasteiger partial charge in [0.2, 0.25) is 11.8 Å². The van der Waals surface area contributed by atoms with E-state index in [-0.39, 0.29) is 13.0 Å². The number of hydrogen-bond donors (Lipinski definition) is 2. The van der Waals surface area contributed by atoms with E-state index in [0.717, 1.165) is 11.3 Å². The van der Waals surface area contributed by atoms with E-state index < -0.39 is 30.5 Å². The molecule has 0 bridgehead atoms. The summed E-state index contributed by atoms with van der Waals surface area (Å²) < 4.78 is 36.9. The summed E-state index contributed by atoms with van der Waals surface area (Å²) in [5, 5.41) is 9.11. The minimum Gasteiger partial charge on any atom is -0.333 e. The van der Waals surface area contributed by atoms with E-state index in [9.17, 15) is 22.8 Å². The summed E-state index contributed by atoms with van der Waals surface area (Å²) in [6.07, 6.45) is -4.68. The summed E-state index contributed by atoms with van der Waals surface area (Å²) in [7, 11) is 0. The van der Waals surface area contributed by atoms with E-state index in [1.165, 1.54) is 0 Å². The van der Waals surface area contributed by atoms with Crippen LogP contribution in [-0.4, -0.2) is 46.2 Å². The number of likely N-dealkylation sites (tertiary alicyclic amines) is 1. The molecule has 0 aliphatic carbocycles. The summed E-state index contributed by atoms with van der Waals surface area (Å²) in [4.78, 5) is 24.2. The van der Waals surface area contributed by atoms with Gasteiger partial charge in [-0.3, -0.25) is 14.7 Å². The molecule has 0 spiro atoms. The molecule has 1 aliphatic heterocycles. The third kappa shape index (κ3) is 3.53. The van der Waals surface area contributed by atoms with Crippen LogP contribution in [0, 0.1) is 19.8 Å². The van der Waals surface area contributed by atoms with Gasteiger partial charge in [-0.15, -0.1) is 0 Å². The number of alkyl halides is 3. The van der Waals surface area contributed by atoms with E-state index in [4.69, 9.17) is 0 Å². The quantitative estimate of drug-likeness (QED) is 0.885. The molecule has 1 aromatic rings. The van der Waals surface area contributed by atoms with Crippen molar-refractivity contribution in [3.63, 3.8) is 0 Å². The standard InChI is InChI=1S/C12H15F3N4O2/c1-6-7(2)17-18-10(6)16-11(21)8-3-9(20)19(4-8)5-12(13,14)15/h8H,3-5H2,1-2H3,(H2,16,17,18,21). The first-order chi connectivity index (χ1) is 9.67. The Bertz CT molecular complexity index is 567. The molecule has 2 N–H and O–H groups in total. The maximum absolute atomic E-state index is 12.3. The first kappa shape index (κ1) is 15.3. The van der Waals surface area contributed by atoms with Gasteiger partial charge in [-0.1, -0.05) is 0 Å². The number of amides is 2. The third-order valence-corrected chi connectivity index (χ3v) is 3.45. The summed E-state index contributed by atoms with van der Waals surface area (Å²) in [6.45, 7) is 1.98. The molecule has 0 radical (unpaired) electrons. The van der Waals surface area contributed by atoms with Crippen molar-refractivity contribution in [2.45, 2.75) is 26.4 Å². The molecule has 1 saturated heterocycles. The number of carbonyl (C=O) groups excluding carboxylic acids is 2. The van der Waals surface area contributed by atoms with Crippen molar-refractivity contribution in [2.75, 3.05) is 18.4 Å². The highest BCUT2D eigenvalue weighted by Crippen LogP contribution is 2.25. The van der Waals surface area contributed by atoms with Gasteiger partial charge in [0.05, 0.1) is 5.92 Å². The lowest BCUT2D eigenvalue weighted by molar-refractivity contribution is -0.157. The van der Waals surface area contributed by atoms with Crippen LogP contribution in [0.2, 0.25) is 0 Å². The Labute approximate surface area is 118 Å². The topological polar surface area (TPSA) is 78.1 Å². The van der Waals surface area contributed by atoms with Crippen LogP contribution >= 0.6 is 0 Å². The number of anilines is 1. The van der Waals surface area contributed by atoms with Crippen LogP contribution in [0.1, 0.15) is 17.7 Å². The van der Waals surface area contributed by atoms with Crippen LogP contribution in [-0.2, 0) is 9.59 Å². The van der Waals surface area contributed by atoms with Crippen molar-refractivity contribution >= 4 is 17.6 Å². The zero-order valence-corrected chi connectivity index (χ0v) is 11.5. The summed E-state index contributed by atoms with van der Waals surface area (Å²) in [5.74, 6) is -1.62. The Balaban J connectivity index is 1.99. The monoisotopic (exact) mass is 304 g/mol. The number of halogens is 3. The van der Waals surface area contributed by atoms with Crippen LogP contribution in [0.25, 0.3) is 0 Å². The number of nitrogens with one attached hydrogen (secondary N) is 2. The number of aromatic amines is 1. The number of carbonyl (C=O) groups is 2. The van der Waals surface area contributed by atoms with Crippen LogP contribution < -0.4 is 5.32 Å². The normalized spacial score (nSPS) is 19.2. The highest BCUT2D eigenvalue weighted by Gasteiger charge is 2.40. The third-order valence-electron chi connectivity index (χ3n) is 3.45. The largest absolute Gasteiger partial charge is 0.406 e. The number of H-pyrrole nitrogens is 1. The predicted molar refractivity (Wildman–Crippen MR) is 67.4 cm³/mol. The zero-order chi connectivity index (χ0) is 15.8. The first-order valence-electron chi connectivity index (χ1n) is 6.34. The fourth-order valence-corrected chi connectivity index (χ4v) is 2.14. The molecule has 0 aromatic carbocycles. The Morgan fingerprint density at radius 3 is 2.67 bits per heavy atom. The van der Waals surface area contributed by atoms with Crippen LogP contribution in [0.3, 0.4) is 0 Å². The molecule has 1 aliphatic rings. The van der Waals surface area contributed by atoms with Crippen LogP contribution in [0.5, 0.6) is 0 Å². The van der Waals surface area contributed by atoms with E-state index in [1.54, 1.807) is 13.8 Å². The molecule has 116 valence electrons. The average molecular weight is 304 g/mol. The van der Waals surface area contributed by atoms with Gasteiger partial charge in [-0.25, -0.2) is 0 Å². The highest BCUT2D eigenvalue weighted by molar-refractivity contribution is 5.97. The molecule has 1 unspecified atom stereocenters. The van der Waals surface area contributed by atoms with Crippen LogP contribution in [0.4, 0.5) is 19.0 Å². The lowest BCUT2D eigenvalue weighted by Gasteiger charge is -2.18.